The van der Waals surface area contributed by atoms with Crippen LogP contribution < -0.4 is 10.2 Å². The second-order valence-corrected chi connectivity index (χ2v) is 4.76. The number of hydrogen-bond donors (Lipinski definition) is 1. The van der Waals surface area contributed by atoms with E-state index in [2.05, 4.69) is 54.5 Å². The lowest BCUT2D eigenvalue weighted by atomic mass is 10.3. The fourth-order valence-corrected chi connectivity index (χ4v) is 2.23. The molecule has 1 aromatic heterocycles. The molecule has 1 aromatic rings. The Hall–Kier alpha value is -0.900. The molecular weight excluding hydrogens is 218 g/mol. The average molecular weight is 239 g/mol. The summed E-state index contributed by atoms with van der Waals surface area (Å²) in [6, 6.07) is 4.68. The second kappa shape index (κ2) is 6.63. The van der Waals surface area contributed by atoms with Gasteiger partial charge in [-0.25, -0.2) is 4.98 Å². The van der Waals surface area contributed by atoms with Crippen molar-refractivity contribution < 1.29 is 0 Å². The van der Waals surface area contributed by atoms with Crippen LogP contribution in [0.4, 0.5) is 11.5 Å². The number of thioether (sulfide) groups is 1. The molecule has 1 rings (SSSR count). The van der Waals surface area contributed by atoms with Crippen LogP contribution in [0.3, 0.4) is 0 Å². The summed E-state index contributed by atoms with van der Waals surface area (Å²) < 4.78 is 0. The molecule has 90 valence electrons. The first kappa shape index (κ1) is 13.2. The minimum Gasteiger partial charge on any atom is -0.371 e. The molecule has 16 heavy (non-hydrogen) atoms. The Morgan fingerprint density at radius 1 is 1.56 bits per heavy atom. The van der Waals surface area contributed by atoms with Gasteiger partial charge < -0.3 is 10.2 Å². The summed E-state index contributed by atoms with van der Waals surface area (Å²) in [5, 5.41) is 3.23. The summed E-state index contributed by atoms with van der Waals surface area (Å²) >= 11 is 1.87. The topological polar surface area (TPSA) is 28.2 Å². The van der Waals surface area contributed by atoms with E-state index < -0.39 is 0 Å². The lowest BCUT2D eigenvalue weighted by Gasteiger charge is -2.26. The van der Waals surface area contributed by atoms with Gasteiger partial charge in [-0.1, -0.05) is 0 Å². The molecule has 0 aliphatic rings. The van der Waals surface area contributed by atoms with Crippen LogP contribution in [-0.4, -0.2) is 36.6 Å². The average Bonchev–Trinajstić information content (AvgIpc) is 2.29. The fourth-order valence-electron chi connectivity index (χ4n) is 1.52. The first-order chi connectivity index (χ1) is 7.69. The van der Waals surface area contributed by atoms with Crippen molar-refractivity contribution in [2.45, 2.75) is 19.9 Å². The van der Waals surface area contributed by atoms with Crippen LogP contribution in [-0.2, 0) is 0 Å². The third-order valence-corrected chi connectivity index (χ3v) is 3.39. The van der Waals surface area contributed by atoms with Gasteiger partial charge in [0.15, 0.2) is 0 Å². The van der Waals surface area contributed by atoms with E-state index in [0.717, 1.165) is 18.1 Å². The minimum atomic E-state index is 0.534. The predicted octanol–water partition coefficient (Wildman–Crippen LogP) is 2.70. The Morgan fingerprint density at radius 3 is 2.94 bits per heavy atom. The highest BCUT2D eigenvalue weighted by Gasteiger charge is 2.09. The number of anilines is 2. The molecule has 4 heteroatoms. The highest BCUT2D eigenvalue weighted by Crippen LogP contribution is 2.19. The normalized spacial score (nSPS) is 12.2. The Kier molecular flexibility index (Phi) is 5.46. The standard InChI is InChI=1S/C12H21N3S/c1-5-13-12-8-11(6-7-14-12)15(3)10(2)9-16-4/h6-8,10H,5,9H2,1-4H3,(H,13,14). The van der Waals surface area contributed by atoms with Crippen LogP contribution in [0, 0.1) is 0 Å². The van der Waals surface area contributed by atoms with Gasteiger partial charge in [0, 0.05) is 43.3 Å². The molecule has 1 heterocycles. The van der Waals surface area contributed by atoms with Crippen LogP contribution >= 0.6 is 11.8 Å². The van der Waals surface area contributed by atoms with Gasteiger partial charge in [-0.15, -0.1) is 0 Å². The van der Waals surface area contributed by atoms with Crippen molar-refractivity contribution in [2.24, 2.45) is 0 Å². The summed E-state index contributed by atoms with van der Waals surface area (Å²) in [7, 11) is 2.13. The molecule has 0 bridgehead atoms. The Labute approximate surface area is 103 Å². The Bertz CT molecular complexity index is 317. The monoisotopic (exact) mass is 239 g/mol. The molecule has 1 N–H and O–H groups in total. The molecule has 0 amide bonds. The molecule has 0 radical (unpaired) electrons. The summed E-state index contributed by atoms with van der Waals surface area (Å²) in [4.78, 5) is 6.56. The number of hydrogen-bond acceptors (Lipinski definition) is 4. The SMILES string of the molecule is CCNc1cc(N(C)C(C)CSC)ccn1. The summed E-state index contributed by atoms with van der Waals surface area (Å²) in [6.45, 7) is 5.22. The van der Waals surface area contributed by atoms with Crippen LogP contribution in [0.25, 0.3) is 0 Å². The van der Waals surface area contributed by atoms with E-state index >= 15 is 0 Å². The van der Waals surface area contributed by atoms with E-state index in [1.165, 1.54) is 5.69 Å². The zero-order valence-electron chi connectivity index (χ0n) is 10.5. The van der Waals surface area contributed by atoms with E-state index in [-0.39, 0.29) is 0 Å². The zero-order chi connectivity index (χ0) is 12.0. The van der Waals surface area contributed by atoms with Crippen molar-refractivity contribution in [3.63, 3.8) is 0 Å². The van der Waals surface area contributed by atoms with Gasteiger partial charge in [-0.2, -0.15) is 11.8 Å². The molecule has 0 saturated carbocycles. The summed E-state index contributed by atoms with van der Waals surface area (Å²) in [5.41, 5.74) is 1.22. The van der Waals surface area contributed by atoms with Gasteiger partial charge >= 0.3 is 0 Å². The van der Waals surface area contributed by atoms with Crippen molar-refractivity contribution in [1.82, 2.24) is 4.98 Å². The molecule has 0 saturated heterocycles. The van der Waals surface area contributed by atoms with Crippen LogP contribution in [0.2, 0.25) is 0 Å². The van der Waals surface area contributed by atoms with Gasteiger partial charge in [-0.3, -0.25) is 0 Å². The molecule has 0 aliphatic carbocycles. The largest absolute Gasteiger partial charge is 0.371 e. The molecule has 1 atom stereocenters. The van der Waals surface area contributed by atoms with Crippen LogP contribution in [0.1, 0.15) is 13.8 Å². The quantitative estimate of drug-likeness (QED) is 0.826. The van der Waals surface area contributed by atoms with Gasteiger partial charge in [0.2, 0.25) is 0 Å². The van der Waals surface area contributed by atoms with E-state index in [1.54, 1.807) is 0 Å². The van der Waals surface area contributed by atoms with Crippen molar-refractivity contribution in [3.05, 3.63) is 18.3 Å². The van der Waals surface area contributed by atoms with Crippen LogP contribution in [0.5, 0.6) is 0 Å². The number of nitrogens with zero attached hydrogens (tertiary/aromatic N) is 2. The maximum atomic E-state index is 4.27. The fraction of sp³-hybridized carbons (Fsp3) is 0.583. The van der Waals surface area contributed by atoms with E-state index in [9.17, 15) is 0 Å². The van der Waals surface area contributed by atoms with Crippen molar-refractivity contribution in [1.29, 1.82) is 0 Å². The van der Waals surface area contributed by atoms with E-state index in [4.69, 9.17) is 0 Å². The second-order valence-electron chi connectivity index (χ2n) is 3.84. The lowest BCUT2D eigenvalue weighted by Crippen LogP contribution is -2.30. The first-order valence-corrected chi connectivity index (χ1v) is 7.00. The Morgan fingerprint density at radius 2 is 2.31 bits per heavy atom. The first-order valence-electron chi connectivity index (χ1n) is 5.60. The van der Waals surface area contributed by atoms with Gasteiger partial charge in [0.25, 0.3) is 0 Å². The molecule has 1 unspecified atom stereocenters. The molecular formula is C12H21N3S. The number of aromatic nitrogens is 1. The molecule has 0 aliphatic heterocycles. The molecule has 0 aromatic carbocycles. The van der Waals surface area contributed by atoms with Crippen LogP contribution in [0.15, 0.2) is 18.3 Å². The maximum Gasteiger partial charge on any atom is 0.127 e. The van der Waals surface area contributed by atoms with Gasteiger partial charge in [-0.05, 0) is 26.2 Å². The highest BCUT2D eigenvalue weighted by molar-refractivity contribution is 7.98. The molecule has 0 spiro atoms. The molecule has 0 fully saturated rings. The minimum absolute atomic E-state index is 0.534. The van der Waals surface area contributed by atoms with Crippen molar-refractivity contribution >= 4 is 23.3 Å². The maximum absolute atomic E-state index is 4.27. The third kappa shape index (κ3) is 3.59. The lowest BCUT2D eigenvalue weighted by molar-refractivity contribution is 0.765. The Balaban J connectivity index is 2.74. The van der Waals surface area contributed by atoms with E-state index in [1.807, 2.05) is 18.0 Å². The summed E-state index contributed by atoms with van der Waals surface area (Å²) in [5.74, 6) is 2.08. The number of rotatable bonds is 6. The van der Waals surface area contributed by atoms with Gasteiger partial charge in [0.1, 0.15) is 5.82 Å². The highest BCUT2D eigenvalue weighted by atomic mass is 32.2. The number of pyridine rings is 1. The van der Waals surface area contributed by atoms with Crippen molar-refractivity contribution in [3.8, 4) is 0 Å². The van der Waals surface area contributed by atoms with Crippen molar-refractivity contribution in [2.75, 3.05) is 35.8 Å². The number of nitrogens with one attached hydrogen (secondary N) is 1. The third-order valence-electron chi connectivity index (χ3n) is 2.58. The van der Waals surface area contributed by atoms with Gasteiger partial charge in [0.05, 0.1) is 0 Å². The zero-order valence-corrected chi connectivity index (χ0v) is 11.3. The summed E-state index contributed by atoms with van der Waals surface area (Å²) in [6.07, 6.45) is 4.00. The van der Waals surface area contributed by atoms with E-state index in [0.29, 0.717) is 6.04 Å². The smallest absolute Gasteiger partial charge is 0.127 e. The molecule has 3 nitrogen and oxygen atoms in total. The predicted molar refractivity (Wildman–Crippen MR) is 74.6 cm³/mol.